The standard InChI is InChI=1S/C29H34F8N4O7S/c1-4-15(28(32,33)34)22(40-49(46,47)29(35,36)37)26(45)41-11-16-21(27(16,2)3)23(41)25(44)39-18(9-13-7-8-38-24(13)43)19(42)12-48-20-6-5-14(30)10-17(20)31/h5-6,10,13,15-16,18,21-23,40H,4,7-9,11-12H2,1-3H3,(H,38,43)(H,39,44)/t13-,15+,16-,18-,21-,22-,23-/m0/s1. The lowest BCUT2D eigenvalue weighted by Gasteiger charge is -2.36. The molecule has 2 aliphatic heterocycles. The number of piperidine rings is 1. The van der Waals surface area contributed by atoms with Crippen LogP contribution in [0.1, 0.15) is 40.0 Å². The van der Waals surface area contributed by atoms with Gasteiger partial charge in [-0.1, -0.05) is 20.8 Å². The molecule has 3 N–H and O–H groups in total. The molecule has 20 heteroatoms. The van der Waals surface area contributed by atoms with Gasteiger partial charge in [0.2, 0.25) is 17.7 Å². The van der Waals surface area contributed by atoms with Crippen LogP contribution < -0.4 is 20.1 Å². The summed E-state index contributed by atoms with van der Waals surface area (Å²) in [4.78, 5) is 53.8. The Bertz CT molecular complexity index is 1590. The lowest BCUT2D eigenvalue weighted by Crippen LogP contribution is -2.61. The highest BCUT2D eigenvalue weighted by Crippen LogP contribution is 2.65. The minimum absolute atomic E-state index is 0.242. The quantitative estimate of drug-likeness (QED) is 0.264. The van der Waals surface area contributed by atoms with E-state index in [1.807, 2.05) is 0 Å². The van der Waals surface area contributed by atoms with Gasteiger partial charge >= 0.3 is 21.7 Å². The Labute approximate surface area is 275 Å². The van der Waals surface area contributed by atoms with Crippen molar-refractivity contribution in [2.45, 2.75) is 69.8 Å². The van der Waals surface area contributed by atoms with E-state index in [0.717, 1.165) is 23.8 Å². The molecule has 3 aliphatic rings. The van der Waals surface area contributed by atoms with E-state index in [4.69, 9.17) is 4.74 Å². The van der Waals surface area contributed by atoms with Crippen LogP contribution in [0.25, 0.3) is 0 Å². The van der Waals surface area contributed by atoms with Crippen molar-refractivity contribution in [3.63, 3.8) is 0 Å². The predicted molar refractivity (Wildman–Crippen MR) is 153 cm³/mol. The summed E-state index contributed by atoms with van der Waals surface area (Å²) in [5.74, 6) is -11.8. The van der Waals surface area contributed by atoms with Gasteiger partial charge in [-0.15, -0.1) is 0 Å². The average Bonchev–Trinajstić information content (AvgIpc) is 3.30. The SMILES string of the molecule is CC[C@H]([C@H](NS(=O)(=O)C(F)(F)F)C(=O)N1C[C@H]2[C@@H]([C@H]1C(=O)N[C@@H](C[C@@H]1CCNC1=O)C(=O)COc1ccc(F)cc1F)C2(C)C)C(F)(F)F. The van der Waals surface area contributed by atoms with Gasteiger partial charge in [-0.3, -0.25) is 19.2 Å². The summed E-state index contributed by atoms with van der Waals surface area (Å²) < 4.78 is 139. The van der Waals surface area contributed by atoms with Crippen molar-refractivity contribution in [1.29, 1.82) is 0 Å². The van der Waals surface area contributed by atoms with Crippen LogP contribution >= 0.6 is 0 Å². The molecule has 274 valence electrons. The summed E-state index contributed by atoms with van der Waals surface area (Å²) in [5.41, 5.74) is -6.76. The van der Waals surface area contributed by atoms with E-state index in [9.17, 15) is 62.7 Å². The van der Waals surface area contributed by atoms with Crippen LogP contribution in [0, 0.1) is 40.7 Å². The van der Waals surface area contributed by atoms with Crippen LogP contribution in [0.4, 0.5) is 35.1 Å². The molecule has 0 unspecified atom stereocenters. The number of carbonyl (C=O) groups excluding carboxylic acids is 4. The molecule has 3 fully saturated rings. The van der Waals surface area contributed by atoms with Crippen LogP contribution in [-0.2, 0) is 29.2 Å². The first-order valence-electron chi connectivity index (χ1n) is 15.2. The Morgan fingerprint density at radius 1 is 1.12 bits per heavy atom. The summed E-state index contributed by atoms with van der Waals surface area (Å²) in [5, 5.41) is 4.94. The Kier molecular flexibility index (Phi) is 10.6. The number of likely N-dealkylation sites (tertiary alicyclic amines) is 1. The number of nitrogens with one attached hydrogen (secondary N) is 3. The van der Waals surface area contributed by atoms with Gasteiger partial charge in [-0.25, -0.2) is 17.2 Å². The molecule has 1 aromatic carbocycles. The highest BCUT2D eigenvalue weighted by atomic mass is 32.2. The van der Waals surface area contributed by atoms with Crippen molar-refractivity contribution >= 4 is 33.5 Å². The van der Waals surface area contributed by atoms with Crippen molar-refractivity contribution in [3.8, 4) is 5.75 Å². The number of benzene rings is 1. The molecule has 2 heterocycles. The van der Waals surface area contributed by atoms with Gasteiger partial charge in [0.15, 0.2) is 17.3 Å². The molecule has 1 aliphatic carbocycles. The number of amides is 3. The molecule has 0 spiro atoms. The minimum Gasteiger partial charge on any atom is -0.483 e. The van der Waals surface area contributed by atoms with Gasteiger partial charge in [0, 0.05) is 25.1 Å². The number of nitrogens with zero attached hydrogens (tertiary/aromatic N) is 1. The Hall–Kier alpha value is -3.55. The summed E-state index contributed by atoms with van der Waals surface area (Å²) in [6.45, 7) is 3.18. The third-order valence-electron chi connectivity index (χ3n) is 9.53. The lowest BCUT2D eigenvalue weighted by atomic mass is 9.93. The van der Waals surface area contributed by atoms with Gasteiger partial charge in [0.1, 0.15) is 24.5 Å². The van der Waals surface area contributed by atoms with Crippen molar-refractivity contribution in [1.82, 2.24) is 20.3 Å². The van der Waals surface area contributed by atoms with Gasteiger partial charge in [0.25, 0.3) is 0 Å². The van der Waals surface area contributed by atoms with E-state index >= 15 is 0 Å². The van der Waals surface area contributed by atoms with E-state index in [-0.39, 0.29) is 19.4 Å². The summed E-state index contributed by atoms with van der Waals surface area (Å²) in [6.07, 6.45) is -6.41. The number of hydrogen-bond donors (Lipinski definition) is 3. The number of alkyl halides is 6. The maximum absolute atomic E-state index is 14.1. The topological polar surface area (TPSA) is 151 Å². The van der Waals surface area contributed by atoms with Gasteiger partial charge in [-0.2, -0.15) is 31.1 Å². The number of rotatable bonds is 13. The number of ether oxygens (including phenoxy) is 1. The Balaban J connectivity index is 1.64. The largest absolute Gasteiger partial charge is 0.511 e. The highest BCUT2D eigenvalue weighted by Gasteiger charge is 2.70. The van der Waals surface area contributed by atoms with E-state index in [1.165, 1.54) is 0 Å². The maximum Gasteiger partial charge on any atom is 0.511 e. The fourth-order valence-corrected chi connectivity index (χ4v) is 7.44. The highest BCUT2D eigenvalue weighted by molar-refractivity contribution is 7.90. The predicted octanol–water partition coefficient (Wildman–Crippen LogP) is 2.80. The summed E-state index contributed by atoms with van der Waals surface area (Å²) >= 11 is 0. The zero-order valence-corrected chi connectivity index (χ0v) is 27.1. The molecule has 49 heavy (non-hydrogen) atoms. The minimum atomic E-state index is -6.48. The number of halogens is 8. The molecule has 0 bridgehead atoms. The number of Topliss-reactive ketones (excluding diaryl/α,β-unsaturated/α-hetero) is 1. The summed E-state index contributed by atoms with van der Waals surface area (Å²) in [6, 6.07) is -3.94. The number of fused-ring (bicyclic) bond motifs is 1. The Morgan fingerprint density at radius 2 is 1.78 bits per heavy atom. The van der Waals surface area contributed by atoms with Gasteiger partial charge in [-0.05, 0) is 48.6 Å². The van der Waals surface area contributed by atoms with Crippen molar-refractivity contribution < 1.29 is 67.5 Å². The Morgan fingerprint density at radius 3 is 2.31 bits per heavy atom. The lowest BCUT2D eigenvalue weighted by molar-refractivity contribution is -0.187. The first kappa shape index (κ1) is 38.3. The van der Waals surface area contributed by atoms with E-state index in [0.29, 0.717) is 11.0 Å². The van der Waals surface area contributed by atoms with Crippen LogP contribution in [0.3, 0.4) is 0 Å². The third-order valence-corrected chi connectivity index (χ3v) is 10.7. The second-order valence-corrected chi connectivity index (χ2v) is 14.6. The second kappa shape index (κ2) is 13.6. The zero-order chi connectivity index (χ0) is 36.9. The molecule has 0 aromatic heterocycles. The molecule has 1 saturated carbocycles. The molecule has 1 aromatic rings. The van der Waals surface area contributed by atoms with E-state index < -0.39 is 129 Å². The molecular weight excluding hydrogens is 700 g/mol. The van der Waals surface area contributed by atoms with Crippen LogP contribution in [0.5, 0.6) is 5.75 Å². The fourth-order valence-electron chi connectivity index (χ4n) is 6.71. The molecule has 7 atom stereocenters. The summed E-state index contributed by atoms with van der Waals surface area (Å²) in [7, 11) is -6.48. The number of sulfonamides is 1. The number of carbonyl (C=O) groups is 4. The number of hydrogen-bond acceptors (Lipinski definition) is 7. The normalized spacial score (nSPS) is 25.2. The van der Waals surface area contributed by atoms with Gasteiger partial charge in [0.05, 0.1) is 12.0 Å². The molecule has 4 rings (SSSR count). The first-order valence-corrected chi connectivity index (χ1v) is 16.6. The van der Waals surface area contributed by atoms with Crippen molar-refractivity contribution in [2.75, 3.05) is 19.7 Å². The molecule has 3 amide bonds. The van der Waals surface area contributed by atoms with Crippen LogP contribution in [0.2, 0.25) is 0 Å². The van der Waals surface area contributed by atoms with Gasteiger partial charge < -0.3 is 20.3 Å². The zero-order valence-electron chi connectivity index (χ0n) is 26.3. The molecule has 2 saturated heterocycles. The monoisotopic (exact) mass is 734 g/mol. The average molecular weight is 735 g/mol. The fraction of sp³-hybridized carbons (Fsp3) is 0.655. The second-order valence-electron chi connectivity index (χ2n) is 12.9. The van der Waals surface area contributed by atoms with E-state index in [2.05, 4.69) is 10.6 Å². The van der Waals surface area contributed by atoms with Crippen molar-refractivity contribution in [2.24, 2.45) is 29.1 Å². The van der Waals surface area contributed by atoms with E-state index in [1.54, 1.807) is 13.8 Å². The first-order chi connectivity index (χ1) is 22.5. The molecule has 11 nitrogen and oxygen atoms in total. The third kappa shape index (κ3) is 7.94. The maximum atomic E-state index is 14.1. The smallest absolute Gasteiger partial charge is 0.483 e. The number of ketones is 1. The molecular formula is C29H34F8N4O7S. The van der Waals surface area contributed by atoms with Crippen LogP contribution in [-0.4, -0.2) is 86.3 Å². The molecule has 0 radical (unpaired) electrons. The van der Waals surface area contributed by atoms with Crippen LogP contribution in [0.15, 0.2) is 18.2 Å². The van der Waals surface area contributed by atoms with Crippen molar-refractivity contribution in [3.05, 3.63) is 29.8 Å².